The smallest absolute Gasteiger partial charge is 0.490 e. The second-order valence-electron chi connectivity index (χ2n) is 8.40. The Kier molecular flexibility index (Phi) is 7.74. The van der Waals surface area contributed by atoms with Crippen LogP contribution in [0.3, 0.4) is 0 Å². The number of aromatic hydroxyl groups is 1. The number of carboxylic acid groups (broad SMARTS) is 1. The summed E-state index contributed by atoms with van der Waals surface area (Å²) in [6.45, 7) is 1.54. The molecule has 0 aliphatic carbocycles. The molecule has 196 valence electrons. The maximum absolute atomic E-state index is 13.1. The van der Waals surface area contributed by atoms with E-state index in [1.807, 2.05) is 23.1 Å². The van der Waals surface area contributed by atoms with Crippen LogP contribution in [-0.2, 0) is 25.4 Å². The third kappa shape index (κ3) is 5.21. The number of hydrogen-bond acceptors (Lipinski definition) is 6. The lowest BCUT2D eigenvalue weighted by atomic mass is 10.1. The van der Waals surface area contributed by atoms with Crippen LogP contribution in [-0.4, -0.2) is 55.2 Å². The molecular weight excluding hydrogens is 507 g/mol. The van der Waals surface area contributed by atoms with Crippen LogP contribution in [0.5, 0.6) is 5.75 Å². The Morgan fingerprint density at radius 1 is 1.17 bits per heavy atom. The van der Waals surface area contributed by atoms with Crippen molar-refractivity contribution >= 4 is 34.4 Å². The minimum Gasteiger partial charge on any atom is -0.503 e. The molecule has 0 radical (unpaired) electrons. The standard InChI is InChI=1S/C20H24ClN5O3.C2HF3O2/c1-23-15-16(19(28)24(2)20(23)29)26(10-12-6-3-4-8-14(12)21)18(17(15)27)25-9-5-7-13(22)11-25;3-2(4,5)1(6)7/h3-4,6,8,13,27H,5,7,9-11,22H2,1-2H3;(H,6,7)/t13-;/m1./s1. The van der Waals surface area contributed by atoms with Gasteiger partial charge in [0.1, 0.15) is 11.0 Å². The second kappa shape index (κ2) is 10.3. The highest BCUT2D eigenvalue weighted by molar-refractivity contribution is 6.31. The molecule has 0 bridgehead atoms. The molecule has 10 nitrogen and oxygen atoms in total. The lowest BCUT2D eigenvalue weighted by Gasteiger charge is -2.33. The van der Waals surface area contributed by atoms with E-state index in [0.29, 0.717) is 23.9 Å². The first-order chi connectivity index (χ1) is 16.8. The number of carbonyl (C=O) groups is 1. The van der Waals surface area contributed by atoms with Gasteiger partial charge in [0.15, 0.2) is 11.6 Å². The molecular formula is C22H25ClF3N5O5. The minimum absolute atomic E-state index is 0.0263. The van der Waals surface area contributed by atoms with E-state index in [4.69, 9.17) is 27.2 Å². The third-order valence-electron chi connectivity index (χ3n) is 5.89. The number of fused-ring (bicyclic) bond motifs is 1. The van der Waals surface area contributed by atoms with Crippen LogP contribution in [0.2, 0.25) is 5.02 Å². The summed E-state index contributed by atoms with van der Waals surface area (Å²) in [7, 11) is 2.99. The van der Waals surface area contributed by atoms with Crippen molar-refractivity contribution in [1.82, 2.24) is 13.7 Å². The highest BCUT2D eigenvalue weighted by atomic mass is 35.5. The van der Waals surface area contributed by atoms with Crippen molar-refractivity contribution in [1.29, 1.82) is 0 Å². The minimum atomic E-state index is -5.08. The summed E-state index contributed by atoms with van der Waals surface area (Å²) >= 11 is 6.37. The van der Waals surface area contributed by atoms with E-state index in [1.54, 1.807) is 17.7 Å². The molecule has 1 aromatic carbocycles. The maximum Gasteiger partial charge on any atom is 0.490 e. The summed E-state index contributed by atoms with van der Waals surface area (Å²) in [5.41, 5.74) is 6.51. The molecule has 2 aromatic heterocycles. The van der Waals surface area contributed by atoms with E-state index in [-0.39, 0.29) is 29.4 Å². The number of piperidine rings is 1. The van der Waals surface area contributed by atoms with E-state index in [0.717, 1.165) is 23.0 Å². The molecule has 0 saturated carbocycles. The van der Waals surface area contributed by atoms with Crippen LogP contribution < -0.4 is 21.9 Å². The van der Waals surface area contributed by atoms with Crippen molar-refractivity contribution in [2.45, 2.75) is 31.6 Å². The Morgan fingerprint density at radius 3 is 2.33 bits per heavy atom. The number of halogens is 4. The first-order valence-corrected chi connectivity index (χ1v) is 11.2. The van der Waals surface area contributed by atoms with Crippen molar-refractivity contribution in [2.24, 2.45) is 19.8 Å². The summed E-state index contributed by atoms with van der Waals surface area (Å²) in [6, 6.07) is 7.35. The van der Waals surface area contributed by atoms with Gasteiger partial charge < -0.3 is 25.4 Å². The number of aromatic nitrogens is 3. The van der Waals surface area contributed by atoms with E-state index < -0.39 is 23.4 Å². The van der Waals surface area contributed by atoms with Crippen molar-refractivity contribution in [3.63, 3.8) is 0 Å². The molecule has 4 rings (SSSR count). The lowest BCUT2D eigenvalue weighted by molar-refractivity contribution is -0.192. The topological polar surface area (TPSA) is 136 Å². The molecule has 1 saturated heterocycles. The third-order valence-corrected chi connectivity index (χ3v) is 6.26. The fourth-order valence-corrected chi connectivity index (χ4v) is 4.35. The molecule has 3 heterocycles. The number of nitrogens with zero attached hydrogens (tertiary/aromatic N) is 4. The molecule has 3 aromatic rings. The van der Waals surface area contributed by atoms with Gasteiger partial charge in [0.25, 0.3) is 5.56 Å². The molecule has 1 aliphatic heterocycles. The van der Waals surface area contributed by atoms with Crippen molar-refractivity contribution in [3.8, 4) is 5.75 Å². The van der Waals surface area contributed by atoms with Gasteiger partial charge in [-0.3, -0.25) is 13.9 Å². The van der Waals surface area contributed by atoms with E-state index in [1.165, 1.54) is 11.6 Å². The maximum atomic E-state index is 13.1. The molecule has 1 aliphatic rings. The quantitative estimate of drug-likeness (QED) is 0.470. The first kappa shape index (κ1) is 27.1. The van der Waals surface area contributed by atoms with Gasteiger partial charge in [0, 0.05) is 38.2 Å². The first-order valence-electron chi connectivity index (χ1n) is 10.8. The largest absolute Gasteiger partial charge is 0.503 e. The summed E-state index contributed by atoms with van der Waals surface area (Å²) in [4.78, 5) is 36.4. The lowest BCUT2D eigenvalue weighted by Crippen LogP contribution is -2.43. The molecule has 1 fully saturated rings. The zero-order chi connectivity index (χ0) is 26.9. The van der Waals surface area contributed by atoms with Gasteiger partial charge in [-0.15, -0.1) is 0 Å². The number of alkyl halides is 3. The van der Waals surface area contributed by atoms with Gasteiger partial charge in [-0.2, -0.15) is 13.2 Å². The van der Waals surface area contributed by atoms with Crippen molar-refractivity contribution < 1.29 is 28.2 Å². The zero-order valence-corrected chi connectivity index (χ0v) is 20.2. The molecule has 0 spiro atoms. The summed E-state index contributed by atoms with van der Waals surface area (Å²) in [6.07, 6.45) is -3.30. The Morgan fingerprint density at radius 2 is 1.78 bits per heavy atom. The number of carboxylic acids is 1. The van der Waals surface area contributed by atoms with Gasteiger partial charge >= 0.3 is 17.8 Å². The predicted octanol–water partition coefficient (Wildman–Crippen LogP) is 2.01. The van der Waals surface area contributed by atoms with E-state index in [9.17, 15) is 27.9 Å². The molecule has 36 heavy (non-hydrogen) atoms. The number of aryl methyl sites for hydroxylation is 1. The Hall–Kier alpha value is -3.45. The van der Waals surface area contributed by atoms with Gasteiger partial charge in [-0.1, -0.05) is 29.8 Å². The fourth-order valence-electron chi connectivity index (χ4n) is 4.15. The molecule has 1 atom stereocenters. The van der Waals surface area contributed by atoms with Gasteiger partial charge in [0.2, 0.25) is 0 Å². The number of hydrogen-bond donors (Lipinski definition) is 3. The Labute approximate surface area is 207 Å². The van der Waals surface area contributed by atoms with Crippen LogP contribution in [0.1, 0.15) is 18.4 Å². The van der Waals surface area contributed by atoms with Crippen LogP contribution in [0.25, 0.3) is 11.0 Å². The van der Waals surface area contributed by atoms with Crippen molar-refractivity contribution in [3.05, 3.63) is 55.7 Å². The van der Waals surface area contributed by atoms with Crippen LogP contribution in [0.15, 0.2) is 33.9 Å². The highest BCUT2D eigenvalue weighted by Gasteiger charge is 2.38. The number of anilines is 1. The van der Waals surface area contributed by atoms with E-state index >= 15 is 0 Å². The van der Waals surface area contributed by atoms with Gasteiger partial charge in [0.05, 0.1) is 6.54 Å². The highest BCUT2D eigenvalue weighted by Crippen LogP contribution is 2.38. The number of benzene rings is 1. The second-order valence-corrected chi connectivity index (χ2v) is 8.81. The predicted molar refractivity (Wildman–Crippen MR) is 128 cm³/mol. The number of rotatable bonds is 3. The summed E-state index contributed by atoms with van der Waals surface area (Å²) in [5.74, 6) is -2.35. The average molecular weight is 532 g/mol. The zero-order valence-electron chi connectivity index (χ0n) is 19.4. The monoisotopic (exact) mass is 531 g/mol. The van der Waals surface area contributed by atoms with E-state index in [2.05, 4.69) is 0 Å². The Balaban J connectivity index is 0.000000454. The number of aliphatic carboxylic acids is 1. The normalized spacial score (nSPS) is 16.1. The summed E-state index contributed by atoms with van der Waals surface area (Å²) in [5, 5.41) is 18.8. The van der Waals surface area contributed by atoms with Crippen LogP contribution >= 0.6 is 11.6 Å². The molecule has 0 amide bonds. The van der Waals surface area contributed by atoms with Crippen LogP contribution in [0, 0.1) is 0 Å². The molecule has 4 N–H and O–H groups in total. The molecule has 14 heteroatoms. The Bertz CT molecular complexity index is 1410. The SMILES string of the molecule is Cn1c(=O)c2c(c(O)c(N3CCC[C@@H](N)C3)n2Cc2ccccc2Cl)n(C)c1=O.O=C(O)C(F)(F)F. The average Bonchev–Trinajstić information content (AvgIpc) is 3.09. The fraction of sp³-hybridized carbons (Fsp3) is 0.409. The molecule has 0 unspecified atom stereocenters. The van der Waals surface area contributed by atoms with Crippen molar-refractivity contribution in [2.75, 3.05) is 18.0 Å². The van der Waals surface area contributed by atoms with Crippen LogP contribution in [0.4, 0.5) is 19.0 Å². The van der Waals surface area contributed by atoms with Gasteiger partial charge in [-0.05, 0) is 24.5 Å². The number of nitrogens with two attached hydrogens (primary N) is 1. The summed E-state index contributed by atoms with van der Waals surface area (Å²) < 4.78 is 35.9. The van der Waals surface area contributed by atoms with Gasteiger partial charge in [-0.25, -0.2) is 9.59 Å².